The van der Waals surface area contributed by atoms with Crippen LogP contribution < -0.4 is 0 Å². The third-order valence-electron chi connectivity index (χ3n) is 2.84. The highest BCUT2D eigenvalue weighted by atomic mass is 79.9. The molecule has 0 aliphatic heterocycles. The summed E-state index contributed by atoms with van der Waals surface area (Å²) in [6.07, 6.45) is 0. The predicted molar refractivity (Wildman–Crippen MR) is 77.1 cm³/mol. The van der Waals surface area contributed by atoms with Crippen LogP contribution >= 0.6 is 15.9 Å². The molecule has 0 aliphatic carbocycles. The summed E-state index contributed by atoms with van der Waals surface area (Å²) in [5, 5.41) is 2.46. The van der Waals surface area contributed by atoms with Gasteiger partial charge >= 0.3 is 0 Å². The Kier molecular flexibility index (Phi) is 2.41. The first kappa shape index (κ1) is 9.43. The summed E-state index contributed by atoms with van der Waals surface area (Å²) >= 11 is 3.44. The second-order valence-electron chi connectivity index (χ2n) is 4.00. The summed E-state index contributed by atoms with van der Waals surface area (Å²) in [5.41, 5.74) is 2.21. The van der Waals surface area contributed by atoms with Crippen LogP contribution in [0.1, 0.15) is 1.37 Å². The van der Waals surface area contributed by atoms with Gasteiger partial charge in [0, 0.05) is 4.47 Å². The lowest BCUT2D eigenvalue weighted by molar-refractivity contribution is 1.61. The van der Waals surface area contributed by atoms with Crippen LogP contribution in [0.3, 0.4) is 0 Å². The highest BCUT2D eigenvalue weighted by Crippen LogP contribution is 2.26. The molecule has 0 aliphatic rings. The molecule has 3 aromatic rings. The first-order valence-corrected chi connectivity index (χ1v) is 6.28. The Hall–Kier alpha value is -1.60. The van der Waals surface area contributed by atoms with Crippen LogP contribution in [-0.2, 0) is 0 Å². The van der Waals surface area contributed by atoms with Crippen molar-refractivity contribution >= 4 is 26.7 Å². The SMILES string of the molecule is [2H]c1cc(Br)cc(-c2ccc3ccccc3c2)c1. The number of fused-ring (bicyclic) bond motifs is 1. The third-order valence-corrected chi connectivity index (χ3v) is 3.29. The minimum Gasteiger partial charge on any atom is -0.0616 e. The van der Waals surface area contributed by atoms with Gasteiger partial charge in [0.05, 0.1) is 1.37 Å². The Morgan fingerprint density at radius 3 is 2.35 bits per heavy atom. The average Bonchev–Trinajstić information content (AvgIpc) is 2.37. The lowest BCUT2D eigenvalue weighted by atomic mass is 10.0. The van der Waals surface area contributed by atoms with Crippen molar-refractivity contribution in [3.63, 3.8) is 0 Å². The van der Waals surface area contributed by atoms with E-state index in [-0.39, 0.29) is 0 Å². The summed E-state index contributed by atoms with van der Waals surface area (Å²) in [6, 6.07) is 20.9. The van der Waals surface area contributed by atoms with E-state index in [9.17, 15) is 0 Å². The molecule has 0 unspecified atom stereocenters. The lowest BCUT2D eigenvalue weighted by Crippen LogP contribution is -1.78. The highest BCUT2D eigenvalue weighted by molar-refractivity contribution is 9.10. The van der Waals surface area contributed by atoms with Crippen molar-refractivity contribution in [2.45, 2.75) is 0 Å². The standard InChI is InChI=1S/C16H11Br/c17-16-7-3-6-14(11-16)15-9-8-12-4-1-2-5-13(12)10-15/h1-11H/i3D. The smallest absolute Gasteiger partial charge is 0.0616 e. The van der Waals surface area contributed by atoms with E-state index in [0.29, 0.717) is 6.04 Å². The zero-order valence-electron chi connectivity index (χ0n) is 10.2. The molecule has 0 amide bonds. The first-order valence-electron chi connectivity index (χ1n) is 5.99. The summed E-state index contributed by atoms with van der Waals surface area (Å²) in [5.74, 6) is 0. The highest BCUT2D eigenvalue weighted by Gasteiger charge is 1.99. The minimum atomic E-state index is 0.521. The first-order chi connectivity index (χ1) is 8.72. The molecule has 0 N–H and O–H groups in total. The molecule has 0 heterocycles. The molecule has 3 rings (SSSR count). The Morgan fingerprint density at radius 1 is 0.765 bits per heavy atom. The summed E-state index contributed by atoms with van der Waals surface area (Å²) in [6.45, 7) is 0. The molecule has 0 spiro atoms. The van der Waals surface area contributed by atoms with Gasteiger partial charge in [0.2, 0.25) is 0 Å². The maximum Gasteiger partial charge on any atom is 0.0623 e. The number of rotatable bonds is 1. The lowest BCUT2D eigenvalue weighted by Gasteiger charge is -2.04. The van der Waals surface area contributed by atoms with E-state index in [1.54, 1.807) is 6.07 Å². The molecule has 0 bridgehead atoms. The quantitative estimate of drug-likeness (QED) is 0.571. The molecule has 0 aromatic heterocycles. The summed E-state index contributed by atoms with van der Waals surface area (Å²) in [7, 11) is 0. The molecule has 1 heteroatoms. The van der Waals surface area contributed by atoms with Crippen molar-refractivity contribution in [1.82, 2.24) is 0 Å². The molecule has 3 aromatic carbocycles. The number of hydrogen-bond acceptors (Lipinski definition) is 0. The van der Waals surface area contributed by atoms with Crippen LogP contribution in [0.25, 0.3) is 21.9 Å². The maximum atomic E-state index is 7.76. The maximum absolute atomic E-state index is 7.76. The zero-order valence-corrected chi connectivity index (χ0v) is 10.7. The largest absolute Gasteiger partial charge is 0.0623 e. The monoisotopic (exact) mass is 283 g/mol. The molecule has 17 heavy (non-hydrogen) atoms. The van der Waals surface area contributed by atoms with Crippen molar-refractivity contribution in [1.29, 1.82) is 0 Å². The second-order valence-corrected chi connectivity index (χ2v) is 4.92. The summed E-state index contributed by atoms with van der Waals surface area (Å²) < 4.78 is 8.70. The molecule has 0 nitrogen and oxygen atoms in total. The van der Waals surface area contributed by atoms with Crippen molar-refractivity contribution < 1.29 is 1.37 Å². The van der Waals surface area contributed by atoms with Crippen molar-refractivity contribution in [2.75, 3.05) is 0 Å². The normalized spacial score (nSPS) is 11.5. The summed E-state index contributed by atoms with van der Waals surface area (Å²) in [4.78, 5) is 0. The topological polar surface area (TPSA) is 0 Å². The Labute approximate surface area is 110 Å². The van der Waals surface area contributed by atoms with Gasteiger partial charge in [-0.05, 0) is 40.1 Å². The van der Waals surface area contributed by atoms with E-state index in [4.69, 9.17) is 1.37 Å². The van der Waals surface area contributed by atoms with Gasteiger partial charge in [-0.15, -0.1) is 0 Å². The van der Waals surface area contributed by atoms with Gasteiger partial charge in [0.1, 0.15) is 0 Å². The van der Waals surface area contributed by atoms with E-state index in [1.807, 2.05) is 24.3 Å². The minimum absolute atomic E-state index is 0.521. The van der Waals surface area contributed by atoms with Gasteiger partial charge in [-0.1, -0.05) is 64.4 Å². The van der Waals surface area contributed by atoms with Crippen LogP contribution in [0.15, 0.2) is 71.2 Å². The molecule has 0 fully saturated rings. The van der Waals surface area contributed by atoms with Gasteiger partial charge in [-0.3, -0.25) is 0 Å². The van der Waals surface area contributed by atoms with Crippen molar-refractivity contribution in [2.24, 2.45) is 0 Å². The fourth-order valence-corrected chi connectivity index (χ4v) is 2.36. The van der Waals surface area contributed by atoms with Crippen LogP contribution in [0.4, 0.5) is 0 Å². The van der Waals surface area contributed by atoms with Crippen molar-refractivity contribution in [3.8, 4) is 11.1 Å². The van der Waals surface area contributed by atoms with E-state index in [1.165, 1.54) is 10.8 Å². The van der Waals surface area contributed by atoms with Crippen molar-refractivity contribution in [3.05, 3.63) is 71.2 Å². The van der Waals surface area contributed by atoms with Crippen LogP contribution in [0, 0.1) is 0 Å². The molecule has 0 atom stereocenters. The number of hydrogen-bond donors (Lipinski definition) is 0. The molecular weight excluding hydrogens is 272 g/mol. The predicted octanol–water partition coefficient (Wildman–Crippen LogP) is 5.27. The Bertz CT molecular complexity index is 699. The molecule has 0 saturated heterocycles. The fourth-order valence-electron chi connectivity index (χ4n) is 1.98. The van der Waals surface area contributed by atoms with Crippen LogP contribution in [-0.4, -0.2) is 0 Å². The van der Waals surface area contributed by atoms with E-state index in [0.717, 1.165) is 15.6 Å². The fraction of sp³-hybridized carbons (Fsp3) is 0. The van der Waals surface area contributed by atoms with Gasteiger partial charge < -0.3 is 0 Å². The van der Waals surface area contributed by atoms with E-state index >= 15 is 0 Å². The number of benzene rings is 3. The Morgan fingerprint density at radius 2 is 1.53 bits per heavy atom. The van der Waals surface area contributed by atoms with Gasteiger partial charge in [0.15, 0.2) is 0 Å². The zero-order chi connectivity index (χ0) is 12.5. The van der Waals surface area contributed by atoms with Crippen LogP contribution in [0.2, 0.25) is 0 Å². The molecule has 0 radical (unpaired) electrons. The van der Waals surface area contributed by atoms with Crippen LogP contribution in [0.5, 0.6) is 0 Å². The molecular formula is C16H11Br. The van der Waals surface area contributed by atoms with E-state index in [2.05, 4.69) is 46.3 Å². The Balaban J connectivity index is 2.19. The van der Waals surface area contributed by atoms with Gasteiger partial charge in [-0.25, -0.2) is 0 Å². The average molecular weight is 284 g/mol. The molecule has 82 valence electrons. The van der Waals surface area contributed by atoms with E-state index < -0.39 is 0 Å². The third kappa shape index (κ3) is 2.11. The molecule has 0 saturated carbocycles. The second kappa shape index (κ2) is 4.34. The van der Waals surface area contributed by atoms with Gasteiger partial charge in [-0.2, -0.15) is 0 Å². The van der Waals surface area contributed by atoms with Gasteiger partial charge in [0.25, 0.3) is 0 Å². The number of halogens is 1.